The normalized spacial score (nSPS) is 20.9. The number of benzene rings is 2. The molecule has 0 aromatic heterocycles. The van der Waals surface area contributed by atoms with Crippen LogP contribution in [-0.2, 0) is 11.3 Å². The summed E-state index contributed by atoms with van der Waals surface area (Å²) < 4.78 is 5.23. The number of hydrazone groups is 1. The van der Waals surface area contributed by atoms with Crippen LogP contribution in [0.1, 0.15) is 36.8 Å². The SMILES string of the molecule is C=C1C(C(=O)N[C@@H]2CCCCC2O)=NN(Cc2ccc(OC)cc2)c2ccccc21. The van der Waals surface area contributed by atoms with Crippen LogP contribution in [-0.4, -0.2) is 36.0 Å². The van der Waals surface area contributed by atoms with Crippen LogP contribution in [0.4, 0.5) is 5.69 Å². The van der Waals surface area contributed by atoms with E-state index < -0.39 is 6.10 Å². The van der Waals surface area contributed by atoms with Crippen LogP contribution in [0, 0.1) is 0 Å². The molecule has 2 N–H and O–H groups in total. The number of para-hydroxylation sites is 1. The summed E-state index contributed by atoms with van der Waals surface area (Å²) >= 11 is 0. The lowest BCUT2D eigenvalue weighted by atomic mass is 9.92. The molecule has 156 valence electrons. The zero-order valence-corrected chi connectivity index (χ0v) is 17.2. The summed E-state index contributed by atoms with van der Waals surface area (Å²) in [7, 11) is 1.64. The zero-order valence-electron chi connectivity index (χ0n) is 17.2. The Morgan fingerprint density at radius 1 is 1.20 bits per heavy atom. The van der Waals surface area contributed by atoms with Gasteiger partial charge in [-0.2, -0.15) is 5.10 Å². The Morgan fingerprint density at radius 3 is 2.67 bits per heavy atom. The fraction of sp³-hybridized carbons (Fsp3) is 0.333. The monoisotopic (exact) mass is 405 g/mol. The van der Waals surface area contributed by atoms with Crippen LogP contribution in [0.2, 0.25) is 0 Å². The summed E-state index contributed by atoms with van der Waals surface area (Å²) in [5.41, 5.74) is 3.73. The zero-order chi connectivity index (χ0) is 21.1. The number of hydrogen-bond acceptors (Lipinski definition) is 5. The van der Waals surface area contributed by atoms with E-state index in [1.54, 1.807) is 7.11 Å². The number of aliphatic hydroxyl groups excluding tert-OH is 1. The standard InChI is InChI=1S/C24H27N3O3/c1-16-19-7-3-5-9-21(19)27(15-17-11-13-18(30-2)14-12-17)26-23(16)24(29)25-20-8-4-6-10-22(20)28/h3,5,7,9,11-14,20,22,28H,1,4,6,8,10,15H2,2H3,(H,25,29)/t20-,22?/m1/s1. The number of methoxy groups -OCH3 is 1. The molecule has 0 saturated heterocycles. The van der Waals surface area contributed by atoms with Gasteiger partial charge >= 0.3 is 0 Å². The molecule has 1 aliphatic carbocycles. The van der Waals surface area contributed by atoms with Crippen LogP contribution < -0.4 is 15.1 Å². The maximum atomic E-state index is 13.1. The minimum Gasteiger partial charge on any atom is -0.497 e. The van der Waals surface area contributed by atoms with Crippen molar-refractivity contribution in [2.75, 3.05) is 12.1 Å². The molecule has 1 heterocycles. The molecule has 1 fully saturated rings. The van der Waals surface area contributed by atoms with E-state index in [1.165, 1.54) is 0 Å². The third-order valence-electron chi connectivity index (χ3n) is 5.77. The number of carbonyl (C=O) groups excluding carboxylic acids is 1. The third kappa shape index (κ3) is 4.09. The minimum absolute atomic E-state index is 0.242. The van der Waals surface area contributed by atoms with Gasteiger partial charge in [-0.1, -0.05) is 49.8 Å². The van der Waals surface area contributed by atoms with E-state index in [0.717, 1.165) is 41.8 Å². The Kier molecular flexibility index (Phi) is 5.86. The van der Waals surface area contributed by atoms with Crippen molar-refractivity contribution in [1.82, 2.24) is 5.32 Å². The number of hydrogen-bond donors (Lipinski definition) is 2. The van der Waals surface area contributed by atoms with Gasteiger partial charge in [-0.3, -0.25) is 9.80 Å². The Hall–Kier alpha value is -3.12. The van der Waals surface area contributed by atoms with E-state index >= 15 is 0 Å². The van der Waals surface area contributed by atoms with Crippen molar-refractivity contribution < 1.29 is 14.6 Å². The van der Waals surface area contributed by atoms with Gasteiger partial charge in [0.05, 0.1) is 31.5 Å². The molecule has 1 aliphatic heterocycles. The summed E-state index contributed by atoms with van der Waals surface area (Å²) in [4.78, 5) is 13.1. The van der Waals surface area contributed by atoms with Crippen molar-refractivity contribution in [3.63, 3.8) is 0 Å². The average molecular weight is 405 g/mol. The number of aliphatic hydroxyl groups is 1. The molecular formula is C24H27N3O3. The van der Waals surface area contributed by atoms with Gasteiger partial charge in [-0.05, 0) is 36.6 Å². The van der Waals surface area contributed by atoms with E-state index in [2.05, 4.69) is 17.0 Å². The van der Waals surface area contributed by atoms with Crippen molar-refractivity contribution in [2.45, 2.75) is 44.4 Å². The maximum absolute atomic E-state index is 13.1. The minimum atomic E-state index is -0.511. The summed E-state index contributed by atoms with van der Waals surface area (Å²) in [5, 5.41) is 19.7. The van der Waals surface area contributed by atoms with E-state index in [0.29, 0.717) is 24.3 Å². The Morgan fingerprint density at radius 2 is 1.93 bits per heavy atom. The van der Waals surface area contributed by atoms with E-state index in [4.69, 9.17) is 4.74 Å². The highest BCUT2D eigenvalue weighted by Crippen LogP contribution is 2.33. The molecule has 6 nitrogen and oxygen atoms in total. The van der Waals surface area contributed by atoms with Crippen LogP contribution in [0.25, 0.3) is 5.57 Å². The second-order valence-electron chi connectivity index (χ2n) is 7.78. The van der Waals surface area contributed by atoms with E-state index in [-0.39, 0.29) is 11.9 Å². The van der Waals surface area contributed by atoms with Crippen LogP contribution in [0.5, 0.6) is 5.75 Å². The van der Waals surface area contributed by atoms with Gasteiger partial charge in [-0.15, -0.1) is 0 Å². The van der Waals surface area contributed by atoms with E-state index in [9.17, 15) is 9.90 Å². The number of nitrogens with one attached hydrogen (secondary N) is 1. The topological polar surface area (TPSA) is 74.2 Å². The Labute approximate surface area is 176 Å². The molecule has 4 rings (SSSR count). The van der Waals surface area contributed by atoms with Crippen LogP contribution in [0.3, 0.4) is 0 Å². The van der Waals surface area contributed by atoms with Gasteiger partial charge in [0.25, 0.3) is 5.91 Å². The number of anilines is 1. The van der Waals surface area contributed by atoms with E-state index in [1.807, 2.05) is 53.5 Å². The highest BCUT2D eigenvalue weighted by atomic mass is 16.5. The predicted octanol–water partition coefficient (Wildman–Crippen LogP) is 3.50. The highest BCUT2D eigenvalue weighted by molar-refractivity contribution is 6.56. The number of nitrogens with zero attached hydrogens (tertiary/aromatic N) is 2. The molecule has 2 aromatic rings. The molecular weight excluding hydrogens is 378 g/mol. The quantitative estimate of drug-likeness (QED) is 0.798. The van der Waals surface area contributed by atoms with Gasteiger partial charge in [0.2, 0.25) is 0 Å². The van der Waals surface area contributed by atoms with Crippen molar-refractivity contribution in [2.24, 2.45) is 5.10 Å². The molecule has 6 heteroatoms. The number of ether oxygens (including phenoxy) is 1. The smallest absolute Gasteiger partial charge is 0.272 e. The molecule has 1 amide bonds. The lowest BCUT2D eigenvalue weighted by molar-refractivity contribution is -0.116. The summed E-state index contributed by atoms with van der Waals surface area (Å²) in [6.07, 6.45) is 2.97. The largest absolute Gasteiger partial charge is 0.497 e. The van der Waals surface area contributed by atoms with Gasteiger partial charge < -0.3 is 15.2 Å². The van der Waals surface area contributed by atoms with Gasteiger partial charge in [0.1, 0.15) is 5.75 Å². The molecule has 0 radical (unpaired) electrons. The first-order valence-corrected chi connectivity index (χ1v) is 10.3. The first-order valence-electron chi connectivity index (χ1n) is 10.3. The first kappa shape index (κ1) is 20.2. The molecule has 0 spiro atoms. The van der Waals surface area contributed by atoms with Crippen LogP contribution in [0.15, 0.2) is 60.2 Å². The van der Waals surface area contributed by atoms with Crippen molar-refractivity contribution in [1.29, 1.82) is 0 Å². The van der Waals surface area contributed by atoms with Crippen molar-refractivity contribution in [3.05, 3.63) is 66.2 Å². The second kappa shape index (κ2) is 8.71. The summed E-state index contributed by atoms with van der Waals surface area (Å²) in [5.74, 6) is 0.501. The lowest BCUT2D eigenvalue weighted by Gasteiger charge is -2.31. The molecule has 30 heavy (non-hydrogen) atoms. The molecule has 1 saturated carbocycles. The number of fused-ring (bicyclic) bond motifs is 1. The predicted molar refractivity (Wildman–Crippen MR) is 118 cm³/mol. The third-order valence-corrected chi connectivity index (χ3v) is 5.77. The lowest BCUT2D eigenvalue weighted by Crippen LogP contribution is -2.48. The van der Waals surface area contributed by atoms with Gasteiger partial charge in [0.15, 0.2) is 5.71 Å². The van der Waals surface area contributed by atoms with Crippen molar-refractivity contribution in [3.8, 4) is 5.75 Å². The fourth-order valence-corrected chi connectivity index (χ4v) is 4.04. The highest BCUT2D eigenvalue weighted by Gasteiger charge is 2.30. The maximum Gasteiger partial charge on any atom is 0.272 e. The fourth-order valence-electron chi connectivity index (χ4n) is 4.04. The molecule has 2 atom stereocenters. The van der Waals surface area contributed by atoms with Gasteiger partial charge in [0, 0.05) is 11.1 Å². The molecule has 2 aromatic carbocycles. The average Bonchev–Trinajstić information content (AvgIpc) is 2.77. The van der Waals surface area contributed by atoms with Crippen LogP contribution >= 0.6 is 0 Å². The first-order chi connectivity index (χ1) is 14.6. The van der Waals surface area contributed by atoms with Gasteiger partial charge in [-0.25, -0.2) is 0 Å². The number of amides is 1. The Balaban J connectivity index is 1.60. The summed E-state index contributed by atoms with van der Waals surface area (Å²) in [6, 6.07) is 15.4. The summed E-state index contributed by atoms with van der Waals surface area (Å²) in [6.45, 7) is 4.65. The molecule has 0 bridgehead atoms. The number of carbonyl (C=O) groups is 1. The second-order valence-corrected chi connectivity index (χ2v) is 7.78. The molecule has 1 unspecified atom stereocenters. The Bertz CT molecular complexity index is 968. The number of rotatable bonds is 5. The van der Waals surface area contributed by atoms with Crippen molar-refractivity contribution >= 4 is 22.9 Å². The molecule has 2 aliphatic rings.